The third kappa shape index (κ3) is 2.72. The predicted octanol–water partition coefficient (Wildman–Crippen LogP) is 0.992. The minimum absolute atomic E-state index is 0.0195. The van der Waals surface area contributed by atoms with Gasteiger partial charge in [0.15, 0.2) is 0 Å². The monoisotopic (exact) mass is 297 g/mol. The molecule has 0 radical (unpaired) electrons. The number of pyridine rings is 1. The van der Waals surface area contributed by atoms with E-state index in [0.717, 1.165) is 4.90 Å². The molecule has 7 nitrogen and oxygen atoms in total. The number of nitrogens with one attached hydrogen (secondary N) is 1. The number of piperidine rings is 1. The SMILES string of the molecule is CN1C(=O)CCC(Nc2nc(Cl)ccc2C(=O)O)C1=O. The van der Waals surface area contributed by atoms with Gasteiger partial charge < -0.3 is 10.4 Å². The highest BCUT2D eigenvalue weighted by molar-refractivity contribution is 6.29. The number of hydrogen-bond donors (Lipinski definition) is 2. The van der Waals surface area contributed by atoms with Crippen molar-refractivity contribution in [3.8, 4) is 0 Å². The summed E-state index contributed by atoms with van der Waals surface area (Å²) in [6, 6.07) is 1.97. The van der Waals surface area contributed by atoms with Gasteiger partial charge in [-0.2, -0.15) is 0 Å². The third-order valence-electron chi connectivity index (χ3n) is 3.05. The van der Waals surface area contributed by atoms with Gasteiger partial charge in [-0.05, 0) is 18.6 Å². The van der Waals surface area contributed by atoms with E-state index in [2.05, 4.69) is 10.3 Å². The molecule has 1 fully saturated rings. The Morgan fingerprint density at radius 1 is 1.50 bits per heavy atom. The van der Waals surface area contributed by atoms with E-state index in [1.54, 1.807) is 0 Å². The number of likely N-dealkylation sites (tertiary alicyclic amines) is 1. The van der Waals surface area contributed by atoms with Crippen LogP contribution in [0.25, 0.3) is 0 Å². The van der Waals surface area contributed by atoms with Crippen molar-refractivity contribution in [1.29, 1.82) is 0 Å². The van der Waals surface area contributed by atoms with Crippen molar-refractivity contribution in [2.75, 3.05) is 12.4 Å². The molecule has 8 heteroatoms. The first kappa shape index (κ1) is 14.3. The summed E-state index contributed by atoms with van der Waals surface area (Å²) >= 11 is 5.73. The molecule has 0 aliphatic carbocycles. The number of carbonyl (C=O) groups is 3. The molecule has 2 amide bonds. The molecule has 0 bridgehead atoms. The molecule has 1 aromatic heterocycles. The van der Waals surface area contributed by atoms with Crippen LogP contribution in [0.5, 0.6) is 0 Å². The molecule has 2 N–H and O–H groups in total. The summed E-state index contributed by atoms with van der Waals surface area (Å²) in [4.78, 5) is 39.3. The van der Waals surface area contributed by atoms with E-state index < -0.39 is 17.9 Å². The number of carbonyl (C=O) groups excluding carboxylic acids is 2. The number of rotatable bonds is 3. The summed E-state index contributed by atoms with van der Waals surface area (Å²) in [7, 11) is 1.39. The number of imide groups is 1. The van der Waals surface area contributed by atoms with Crippen LogP contribution in [0.1, 0.15) is 23.2 Å². The van der Waals surface area contributed by atoms with Crippen molar-refractivity contribution in [2.24, 2.45) is 0 Å². The van der Waals surface area contributed by atoms with Crippen molar-refractivity contribution >= 4 is 35.2 Å². The van der Waals surface area contributed by atoms with Crippen LogP contribution in [0.15, 0.2) is 12.1 Å². The molecule has 1 aromatic rings. The maximum atomic E-state index is 11.9. The fraction of sp³-hybridized carbons (Fsp3) is 0.333. The summed E-state index contributed by atoms with van der Waals surface area (Å²) in [5.41, 5.74) is -0.0817. The summed E-state index contributed by atoms with van der Waals surface area (Å²) in [6.07, 6.45) is 0.498. The Morgan fingerprint density at radius 3 is 2.85 bits per heavy atom. The fourth-order valence-electron chi connectivity index (χ4n) is 1.93. The molecule has 1 aliphatic rings. The minimum Gasteiger partial charge on any atom is -0.478 e. The largest absolute Gasteiger partial charge is 0.478 e. The summed E-state index contributed by atoms with van der Waals surface area (Å²) in [5, 5.41) is 11.9. The number of carboxylic acids is 1. The predicted molar refractivity (Wildman–Crippen MR) is 70.6 cm³/mol. The molecule has 2 rings (SSSR count). The number of hydrogen-bond acceptors (Lipinski definition) is 5. The number of amides is 2. The van der Waals surface area contributed by atoms with Gasteiger partial charge in [0.05, 0.1) is 0 Å². The Kier molecular flexibility index (Phi) is 3.89. The number of aromatic nitrogens is 1. The van der Waals surface area contributed by atoms with Crippen molar-refractivity contribution in [3.63, 3.8) is 0 Å². The van der Waals surface area contributed by atoms with Crippen LogP contribution in [-0.2, 0) is 9.59 Å². The Balaban J connectivity index is 2.26. The molecule has 2 heterocycles. The zero-order chi connectivity index (χ0) is 14.9. The molecular formula is C12H12ClN3O4. The first-order valence-corrected chi connectivity index (χ1v) is 6.24. The van der Waals surface area contributed by atoms with Crippen LogP contribution >= 0.6 is 11.6 Å². The van der Waals surface area contributed by atoms with Crippen molar-refractivity contribution < 1.29 is 19.5 Å². The Morgan fingerprint density at radius 2 is 2.20 bits per heavy atom. The van der Waals surface area contributed by atoms with Crippen molar-refractivity contribution in [3.05, 3.63) is 22.8 Å². The van der Waals surface area contributed by atoms with E-state index in [1.807, 2.05) is 0 Å². The lowest BCUT2D eigenvalue weighted by molar-refractivity contribution is -0.146. The van der Waals surface area contributed by atoms with Gasteiger partial charge in [0.25, 0.3) is 5.91 Å². The zero-order valence-electron chi connectivity index (χ0n) is 10.6. The maximum Gasteiger partial charge on any atom is 0.339 e. The highest BCUT2D eigenvalue weighted by atomic mass is 35.5. The second kappa shape index (κ2) is 5.46. The molecule has 0 spiro atoms. The van der Waals surface area contributed by atoms with E-state index in [9.17, 15) is 14.4 Å². The second-order valence-corrected chi connectivity index (χ2v) is 4.75. The maximum absolute atomic E-state index is 11.9. The van der Waals surface area contributed by atoms with Crippen LogP contribution in [0.2, 0.25) is 5.15 Å². The number of carboxylic acid groups (broad SMARTS) is 1. The second-order valence-electron chi connectivity index (χ2n) is 4.36. The fourth-order valence-corrected chi connectivity index (χ4v) is 2.08. The molecule has 20 heavy (non-hydrogen) atoms. The van der Waals surface area contributed by atoms with E-state index >= 15 is 0 Å². The van der Waals surface area contributed by atoms with Gasteiger partial charge in [-0.3, -0.25) is 14.5 Å². The molecule has 0 saturated carbocycles. The number of likely N-dealkylation sites (N-methyl/N-ethyl adjacent to an activating group) is 1. The average molecular weight is 298 g/mol. The molecule has 1 saturated heterocycles. The first-order valence-electron chi connectivity index (χ1n) is 5.87. The van der Waals surface area contributed by atoms with E-state index in [1.165, 1.54) is 19.2 Å². The lowest BCUT2D eigenvalue weighted by Crippen LogP contribution is -2.48. The van der Waals surface area contributed by atoms with E-state index in [4.69, 9.17) is 16.7 Å². The van der Waals surface area contributed by atoms with Crippen LogP contribution in [-0.4, -0.2) is 45.9 Å². The van der Waals surface area contributed by atoms with E-state index in [0.29, 0.717) is 0 Å². The third-order valence-corrected chi connectivity index (χ3v) is 3.26. The molecule has 106 valence electrons. The van der Waals surface area contributed by atoms with Crippen LogP contribution in [0, 0.1) is 0 Å². The normalized spacial score (nSPS) is 19.1. The standard InChI is InChI=1S/C12H12ClN3O4/c1-16-9(17)5-3-7(11(16)18)14-10-6(12(19)20)2-4-8(13)15-10/h2,4,7H,3,5H2,1H3,(H,14,15)(H,19,20). The van der Waals surface area contributed by atoms with Crippen LogP contribution < -0.4 is 5.32 Å². The van der Waals surface area contributed by atoms with Gasteiger partial charge in [-0.15, -0.1) is 0 Å². The number of halogens is 1. The zero-order valence-corrected chi connectivity index (χ0v) is 11.3. The van der Waals surface area contributed by atoms with E-state index in [-0.39, 0.29) is 35.3 Å². The Hall–Kier alpha value is -2.15. The highest BCUT2D eigenvalue weighted by Gasteiger charge is 2.32. The highest BCUT2D eigenvalue weighted by Crippen LogP contribution is 2.21. The van der Waals surface area contributed by atoms with Gasteiger partial charge in [0.1, 0.15) is 22.6 Å². The lowest BCUT2D eigenvalue weighted by Gasteiger charge is -2.28. The van der Waals surface area contributed by atoms with Crippen LogP contribution in [0.3, 0.4) is 0 Å². The smallest absolute Gasteiger partial charge is 0.339 e. The van der Waals surface area contributed by atoms with Gasteiger partial charge in [0, 0.05) is 13.5 Å². The molecular weight excluding hydrogens is 286 g/mol. The summed E-state index contributed by atoms with van der Waals surface area (Å²) in [5.74, 6) is -1.83. The van der Waals surface area contributed by atoms with Gasteiger partial charge in [-0.25, -0.2) is 9.78 Å². The summed E-state index contributed by atoms with van der Waals surface area (Å²) < 4.78 is 0. The Labute approximate surface area is 119 Å². The molecule has 0 aromatic carbocycles. The number of anilines is 1. The number of nitrogens with zero attached hydrogens (tertiary/aromatic N) is 2. The quantitative estimate of drug-likeness (QED) is 0.637. The topological polar surface area (TPSA) is 99.6 Å². The molecule has 1 unspecified atom stereocenters. The van der Waals surface area contributed by atoms with Gasteiger partial charge in [-0.1, -0.05) is 11.6 Å². The van der Waals surface area contributed by atoms with Crippen molar-refractivity contribution in [2.45, 2.75) is 18.9 Å². The molecule has 1 aliphatic heterocycles. The van der Waals surface area contributed by atoms with Crippen LogP contribution in [0.4, 0.5) is 5.82 Å². The first-order chi connectivity index (χ1) is 9.40. The van der Waals surface area contributed by atoms with Gasteiger partial charge in [0.2, 0.25) is 5.91 Å². The lowest BCUT2D eigenvalue weighted by atomic mass is 10.0. The Bertz CT molecular complexity index is 590. The average Bonchev–Trinajstić information content (AvgIpc) is 2.39. The number of aromatic carboxylic acids is 1. The molecule has 1 atom stereocenters. The summed E-state index contributed by atoms with van der Waals surface area (Å²) in [6.45, 7) is 0. The minimum atomic E-state index is -1.18. The van der Waals surface area contributed by atoms with Crippen molar-refractivity contribution in [1.82, 2.24) is 9.88 Å². The van der Waals surface area contributed by atoms with Gasteiger partial charge >= 0.3 is 5.97 Å².